The van der Waals surface area contributed by atoms with Crippen molar-refractivity contribution in [2.24, 2.45) is 0 Å². The van der Waals surface area contributed by atoms with Crippen LogP contribution in [0.5, 0.6) is 5.75 Å². The molecule has 1 aliphatic heterocycles. The molecular weight excluding hydrogens is 346 g/mol. The van der Waals surface area contributed by atoms with Gasteiger partial charge in [0, 0.05) is 5.56 Å². The van der Waals surface area contributed by atoms with Gasteiger partial charge in [-0.15, -0.1) is 0 Å². The predicted octanol–water partition coefficient (Wildman–Crippen LogP) is 3.21. The Morgan fingerprint density at radius 1 is 1.23 bits per heavy atom. The van der Waals surface area contributed by atoms with Crippen LogP contribution in [0.25, 0.3) is 0 Å². The summed E-state index contributed by atoms with van der Waals surface area (Å²) >= 11 is 3.46. The number of anilines is 1. The Bertz CT molecular complexity index is 715. The highest BCUT2D eigenvalue weighted by atomic mass is 79.9. The van der Waals surface area contributed by atoms with E-state index >= 15 is 0 Å². The Balaban J connectivity index is 1.77. The molecule has 0 fully saturated rings. The van der Waals surface area contributed by atoms with E-state index in [-0.39, 0.29) is 23.1 Å². The third-order valence-corrected chi connectivity index (χ3v) is 4.18. The fraction of sp³-hybridized carbons (Fsp3) is 0.176. The van der Waals surface area contributed by atoms with Crippen LogP contribution in [0.4, 0.5) is 5.69 Å². The molecule has 1 aliphatic rings. The fourth-order valence-corrected chi connectivity index (χ4v) is 2.97. The molecular formula is C17H14BrNO3. The van der Waals surface area contributed by atoms with Crippen molar-refractivity contribution in [3.05, 3.63) is 59.7 Å². The minimum absolute atomic E-state index is 0.00930. The molecule has 1 heterocycles. The summed E-state index contributed by atoms with van der Waals surface area (Å²) in [6.45, 7) is 0.00930. The number of amides is 1. The molecule has 0 saturated carbocycles. The van der Waals surface area contributed by atoms with E-state index in [0.29, 0.717) is 23.4 Å². The van der Waals surface area contributed by atoms with E-state index in [9.17, 15) is 9.59 Å². The number of carbonyl (C=O) groups excluding carboxylic acids is 2. The Morgan fingerprint density at radius 3 is 2.77 bits per heavy atom. The first kappa shape index (κ1) is 14.8. The van der Waals surface area contributed by atoms with Gasteiger partial charge in [0.05, 0.1) is 10.5 Å². The molecule has 1 unspecified atom stereocenters. The van der Waals surface area contributed by atoms with Gasteiger partial charge in [-0.05, 0) is 30.2 Å². The number of ketones is 1. The summed E-state index contributed by atoms with van der Waals surface area (Å²) in [5.74, 6) is 0.355. The summed E-state index contributed by atoms with van der Waals surface area (Å²) in [5, 5.41) is 2.71. The van der Waals surface area contributed by atoms with Crippen molar-refractivity contribution in [1.29, 1.82) is 0 Å². The lowest BCUT2D eigenvalue weighted by atomic mass is 10.0. The molecule has 22 heavy (non-hydrogen) atoms. The Morgan fingerprint density at radius 2 is 2.00 bits per heavy atom. The van der Waals surface area contributed by atoms with Crippen LogP contribution in [0, 0.1) is 0 Å². The smallest absolute Gasteiger partial charge is 0.262 e. The molecule has 0 aliphatic carbocycles. The van der Waals surface area contributed by atoms with Gasteiger partial charge >= 0.3 is 0 Å². The van der Waals surface area contributed by atoms with Gasteiger partial charge in [-0.25, -0.2) is 0 Å². The molecule has 5 heteroatoms. The topological polar surface area (TPSA) is 55.4 Å². The lowest BCUT2D eigenvalue weighted by Crippen LogP contribution is -2.26. The van der Waals surface area contributed by atoms with Gasteiger partial charge in [-0.3, -0.25) is 9.59 Å². The maximum atomic E-state index is 12.5. The molecule has 3 rings (SSSR count). The van der Waals surface area contributed by atoms with Crippen LogP contribution in [0.15, 0.2) is 48.5 Å². The number of alkyl halides is 1. The zero-order valence-electron chi connectivity index (χ0n) is 11.7. The summed E-state index contributed by atoms with van der Waals surface area (Å²) in [6, 6.07) is 14.9. The van der Waals surface area contributed by atoms with Gasteiger partial charge in [0.15, 0.2) is 12.4 Å². The lowest BCUT2D eigenvalue weighted by Gasteiger charge is -2.18. The van der Waals surface area contributed by atoms with Crippen molar-refractivity contribution in [2.75, 3.05) is 11.9 Å². The number of Topliss-reactive ketones (excluding diaryl/α,β-unsaturated/α-hetero) is 1. The molecule has 1 atom stereocenters. The highest BCUT2D eigenvalue weighted by molar-refractivity contribution is 9.10. The van der Waals surface area contributed by atoms with Crippen LogP contribution in [0.1, 0.15) is 15.9 Å². The second-order valence-corrected chi connectivity index (χ2v) is 6.17. The number of halogens is 1. The molecule has 1 N–H and O–H groups in total. The highest BCUT2D eigenvalue weighted by Crippen LogP contribution is 2.29. The third-order valence-electron chi connectivity index (χ3n) is 3.44. The van der Waals surface area contributed by atoms with Crippen molar-refractivity contribution in [1.82, 2.24) is 0 Å². The Hall–Kier alpha value is -2.14. The first-order valence-corrected chi connectivity index (χ1v) is 7.84. The summed E-state index contributed by atoms with van der Waals surface area (Å²) in [6.07, 6.45) is 0.611. The second-order valence-electron chi connectivity index (χ2n) is 5.07. The van der Waals surface area contributed by atoms with Crippen molar-refractivity contribution < 1.29 is 14.3 Å². The normalized spacial score (nSPS) is 14.5. The molecule has 0 aromatic heterocycles. The van der Waals surface area contributed by atoms with Crippen LogP contribution in [-0.2, 0) is 11.2 Å². The van der Waals surface area contributed by atoms with E-state index in [4.69, 9.17) is 4.74 Å². The molecule has 0 saturated heterocycles. The van der Waals surface area contributed by atoms with Crippen molar-refractivity contribution in [3.63, 3.8) is 0 Å². The maximum Gasteiger partial charge on any atom is 0.262 e. The number of hydrogen-bond donors (Lipinski definition) is 1. The average molecular weight is 360 g/mol. The largest absolute Gasteiger partial charge is 0.482 e. The zero-order chi connectivity index (χ0) is 15.5. The van der Waals surface area contributed by atoms with Gasteiger partial charge in [-0.1, -0.05) is 46.3 Å². The van der Waals surface area contributed by atoms with E-state index in [1.165, 1.54) is 0 Å². The van der Waals surface area contributed by atoms with Crippen molar-refractivity contribution in [2.45, 2.75) is 11.2 Å². The number of rotatable bonds is 4. The van der Waals surface area contributed by atoms with Gasteiger partial charge < -0.3 is 10.1 Å². The molecule has 0 spiro atoms. The van der Waals surface area contributed by atoms with Gasteiger partial charge in [0.25, 0.3) is 5.91 Å². The van der Waals surface area contributed by atoms with Crippen molar-refractivity contribution in [3.8, 4) is 5.75 Å². The fourth-order valence-electron chi connectivity index (χ4n) is 2.33. The Kier molecular flexibility index (Phi) is 4.24. The first-order valence-electron chi connectivity index (χ1n) is 6.92. The standard InChI is InChI=1S/C17H14BrNO3/c18-13(8-11-4-2-1-3-5-11)17(21)12-6-7-15-14(9-12)19-16(20)10-22-15/h1-7,9,13H,8,10H2,(H,19,20). The van der Waals surface area contributed by atoms with Gasteiger partial charge in [0.2, 0.25) is 0 Å². The summed E-state index contributed by atoms with van der Waals surface area (Å²) in [4.78, 5) is 23.6. The summed E-state index contributed by atoms with van der Waals surface area (Å²) < 4.78 is 5.29. The minimum atomic E-state index is -0.312. The average Bonchev–Trinajstić information content (AvgIpc) is 2.54. The van der Waals surface area contributed by atoms with E-state index in [1.54, 1.807) is 18.2 Å². The van der Waals surface area contributed by atoms with E-state index in [2.05, 4.69) is 21.2 Å². The molecule has 0 bridgehead atoms. The zero-order valence-corrected chi connectivity index (χ0v) is 13.3. The number of nitrogens with one attached hydrogen (secondary N) is 1. The second kappa shape index (κ2) is 6.32. The van der Waals surface area contributed by atoms with Crippen LogP contribution in [0.2, 0.25) is 0 Å². The minimum Gasteiger partial charge on any atom is -0.482 e. The molecule has 0 radical (unpaired) electrons. The first-order chi connectivity index (χ1) is 10.6. The molecule has 112 valence electrons. The van der Waals surface area contributed by atoms with Crippen molar-refractivity contribution >= 4 is 33.3 Å². The molecule has 1 amide bonds. The van der Waals surface area contributed by atoms with E-state index in [0.717, 1.165) is 5.56 Å². The third kappa shape index (κ3) is 3.20. The number of benzene rings is 2. The van der Waals surface area contributed by atoms with Crippen LogP contribution in [0.3, 0.4) is 0 Å². The SMILES string of the molecule is O=C1COc2ccc(C(=O)C(Br)Cc3ccccc3)cc2N1. The number of carbonyl (C=O) groups is 2. The molecule has 2 aromatic rings. The van der Waals surface area contributed by atoms with Crippen LogP contribution < -0.4 is 10.1 Å². The predicted molar refractivity (Wildman–Crippen MR) is 87.8 cm³/mol. The summed E-state index contributed by atoms with van der Waals surface area (Å²) in [7, 11) is 0. The van der Waals surface area contributed by atoms with Crippen LogP contribution in [-0.4, -0.2) is 23.1 Å². The molecule has 4 nitrogen and oxygen atoms in total. The molecule has 2 aromatic carbocycles. The van der Waals surface area contributed by atoms with Gasteiger partial charge in [0.1, 0.15) is 5.75 Å². The quantitative estimate of drug-likeness (QED) is 0.673. The number of ether oxygens (including phenoxy) is 1. The Labute approximate surface area is 136 Å². The van der Waals surface area contributed by atoms with Crippen LogP contribution >= 0.6 is 15.9 Å². The maximum absolute atomic E-state index is 12.5. The number of hydrogen-bond acceptors (Lipinski definition) is 3. The van der Waals surface area contributed by atoms with Gasteiger partial charge in [-0.2, -0.15) is 0 Å². The van der Waals surface area contributed by atoms with E-state index in [1.807, 2.05) is 30.3 Å². The highest BCUT2D eigenvalue weighted by Gasteiger charge is 2.21. The number of fused-ring (bicyclic) bond motifs is 1. The van der Waals surface area contributed by atoms with E-state index < -0.39 is 0 Å². The summed E-state index contributed by atoms with van der Waals surface area (Å²) in [5.41, 5.74) is 2.18. The lowest BCUT2D eigenvalue weighted by molar-refractivity contribution is -0.118. The monoisotopic (exact) mass is 359 g/mol.